The fourth-order valence-corrected chi connectivity index (χ4v) is 7.10. The van der Waals surface area contributed by atoms with Crippen LogP contribution < -0.4 is 19.1 Å². The second kappa shape index (κ2) is 12.0. The second-order valence-corrected chi connectivity index (χ2v) is 12.5. The second-order valence-electron chi connectivity index (χ2n) is 11.5. The van der Waals surface area contributed by atoms with Crippen LogP contribution in [0.1, 0.15) is 47.7 Å². The quantitative estimate of drug-likeness (QED) is 0.107. The standard InChI is InChI=1S/C37H32N2O6S/c1-4-43-30-19-24(11-15-29(30)44-20-23-8-6-5-7-9-23)33-32(34(40)25-12-14-28-26(18-25)17-22(3)45-28)35(41)36(42)39(33)37-38-27-13-10-21(2)16-31(27)46-37/h5-16,18-19,22,33,40H,4,17,20H2,1-3H3/b34-32-. The molecule has 1 fully saturated rings. The van der Waals surface area contributed by atoms with E-state index in [1.807, 2.05) is 75.4 Å². The number of aliphatic hydroxyl groups is 1. The Morgan fingerprint density at radius 3 is 2.63 bits per heavy atom. The molecule has 0 aliphatic carbocycles. The summed E-state index contributed by atoms with van der Waals surface area (Å²) < 4.78 is 18.9. The van der Waals surface area contributed by atoms with Crippen molar-refractivity contribution in [1.29, 1.82) is 0 Å². The van der Waals surface area contributed by atoms with Crippen LogP contribution in [-0.4, -0.2) is 34.5 Å². The Labute approximate surface area is 270 Å². The van der Waals surface area contributed by atoms with E-state index in [-0.39, 0.29) is 17.4 Å². The number of nitrogens with zero attached hydrogens (tertiary/aromatic N) is 2. The number of hydrogen-bond acceptors (Lipinski definition) is 8. The van der Waals surface area contributed by atoms with E-state index in [0.717, 1.165) is 32.7 Å². The number of rotatable bonds is 8. The van der Waals surface area contributed by atoms with E-state index < -0.39 is 17.7 Å². The number of carbonyl (C=O) groups excluding carboxylic acids is 2. The van der Waals surface area contributed by atoms with Gasteiger partial charge in [0.15, 0.2) is 16.6 Å². The number of anilines is 1. The molecule has 3 heterocycles. The van der Waals surface area contributed by atoms with Crippen LogP contribution in [0.4, 0.5) is 5.13 Å². The van der Waals surface area contributed by atoms with Gasteiger partial charge in [-0.1, -0.05) is 53.8 Å². The first-order valence-corrected chi connectivity index (χ1v) is 16.0. The van der Waals surface area contributed by atoms with Crippen molar-refractivity contribution >= 4 is 44.1 Å². The van der Waals surface area contributed by atoms with E-state index in [2.05, 4.69) is 0 Å². The highest BCUT2D eigenvalue weighted by Crippen LogP contribution is 2.46. The summed E-state index contributed by atoms with van der Waals surface area (Å²) in [6.45, 7) is 6.56. The van der Waals surface area contributed by atoms with Crippen molar-refractivity contribution in [3.05, 3.63) is 118 Å². The molecule has 1 saturated heterocycles. The third-order valence-electron chi connectivity index (χ3n) is 8.17. The van der Waals surface area contributed by atoms with Gasteiger partial charge in [0.05, 0.1) is 28.4 Å². The van der Waals surface area contributed by atoms with Gasteiger partial charge in [-0.3, -0.25) is 14.5 Å². The highest BCUT2D eigenvalue weighted by Gasteiger charge is 2.48. The first kappa shape index (κ1) is 29.6. The largest absolute Gasteiger partial charge is 0.507 e. The summed E-state index contributed by atoms with van der Waals surface area (Å²) in [5.74, 6) is -0.0706. The minimum atomic E-state index is -0.965. The molecule has 232 valence electrons. The van der Waals surface area contributed by atoms with Crippen molar-refractivity contribution in [3.63, 3.8) is 0 Å². The first-order chi connectivity index (χ1) is 22.3. The molecule has 0 radical (unpaired) electrons. The van der Waals surface area contributed by atoms with E-state index in [0.29, 0.717) is 47.4 Å². The van der Waals surface area contributed by atoms with Crippen LogP contribution in [0.3, 0.4) is 0 Å². The average molecular weight is 633 g/mol. The highest BCUT2D eigenvalue weighted by atomic mass is 32.1. The Hall–Kier alpha value is -5.15. The molecule has 0 saturated carbocycles. The van der Waals surface area contributed by atoms with Gasteiger partial charge in [-0.05, 0) is 85.5 Å². The lowest BCUT2D eigenvalue weighted by molar-refractivity contribution is -0.132. The Morgan fingerprint density at radius 2 is 1.83 bits per heavy atom. The third-order valence-corrected chi connectivity index (χ3v) is 9.19. The molecule has 2 unspecified atom stereocenters. The Morgan fingerprint density at radius 1 is 1.00 bits per heavy atom. The Kier molecular flexibility index (Phi) is 7.70. The molecule has 2 aliphatic rings. The number of hydrogen-bond donors (Lipinski definition) is 1. The van der Waals surface area contributed by atoms with Crippen LogP contribution in [-0.2, 0) is 22.6 Å². The van der Waals surface area contributed by atoms with Crippen LogP contribution >= 0.6 is 11.3 Å². The number of carbonyl (C=O) groups is 2. The SMILES string of the molecule is CCOc1cc(C2/C(=C(/O)c3ccc4c(c3)CC(C)O4)C(=O)C(=O)N2c2nc3ccc(C)cc3s2)ccc1OCc1ccccc1. The summed E-state index contributed by atoms with van der Waals surface area (Å²) in [6.07, 6.45) is 0.696. The number of Topliss-reactive ketones (excluding diaryl/α,β-unsaturated/α-hetero) is 1. The van der Waals surface area contributed by atoms with Crippen LogP contribution in [0.2, 0.25) is 0 Å². The predicted molar refractivity (Wildman–Crippen MR) is 178 cm³/mol. The molecule has 7 rings (SSSR count). The van der Waals surface area contributed by atoms with Gasteiger partial charge in [0.25, 0.3) is 5.78 Å². The van der Waals surface area contributed by atoms with Crippen molar-refractivity contribution in [2.75, 3.05) is 11.5 Å². The summed E-state index contributed by atoms with van der Waals surface area (Å²) in [5, 5.41) is 12.1. The molecule has 1 amide bonds. The normalized spacial score (nSPS) is 18.5. The molecule has 4 aromatic carbocycles. The number of aryl methyl sites for hydroxylation is 1. The van der Waals surface area contributed by atoms with Gasteiger partial charge >= 0.3 is 5.91 Å². The van der Waals surface area contributed by atoms with E-state index in [4.69, 9.17) is 19.2 Å². The molecule has 1 N–H and O–H groups in total. The molecule has 2 aliphatic heterocycles. The smallest absolute Gasteiger partial charge is 0.301 e. The summed E-state index contributed by atoms with van der Waals surface area (Å²) >= 11 is 1.33. The van der Waals surface area contributed by atoms with E-state index in [1.54, 1.807) is 30.3 Å². The number of fused-ring (bicyclic) bond motifs is 2. The number of thiazole rings is 1. The van der Waals surface area contributed by atoms with Gasteiger partial charge in [-0.15, -0.1) is 0 Å². The third kappa shape index (κ3) is 5.37. The minimum absolute atomic E-state index is 0.0141. The molecule has 1 aromatic heterocycles. The maximum absolute atomic E-state index is 13.9. The highest BCUT2D eigenvalue weighted by molar-refractivity contribution is 7.22. The zero-order valence-electron chi connectivity index (χ0n) is 25.7. The zero-order valence-corrected chi connectivity index (χ0v) is 26.5. The number of aromatic nitrogens is 1. The van der Waals surface area contributed by atoms with E-state index >= 15 is 0 Å². The van der Waals surface area contributed by atoms with Crippen LogP contribution in [0.15, 0.2) is 90.5 Å². The molecular formula is C37H32N2O6S. The van der Waals surface area contributed by atoms with Crippen LogP contribution in [0.25, 0.3) is 16.0 Å². The maximum atomic E-state index is 13.9. The van der Waals surface area contributed by atoms with Crippen molar-refractivity contribution < 1.29 is 28.9 Å². The van der Waals surface area contributed by atoms with Gasteiger partial charge in [0.2, 0.25) is 0 Å². The molecule has 9 heteroatoms. The lowest BCUT2D eigenvalue weighted by Crippen LogP contribution is -2.29. The lowest BCUT2D eigenvalue weighted by atomic mass is 9.94. The Balaban J connectivity index is 1.36. The van der Waals surface area contributed by atoms with Crippen molar-refractivity contribution in [2.45, 2.75) is 45.9 Å². The fraction of sp³-hybridized carbons (Fsp3) is 0.216. The number of ketones is 1. The number of benzene rings is 4. The maximum Gasteiger partial charge on any atom is 0.301 e. The van der Waals surface area contributed by atoms with E-state index in [1.165, 1.54) is 16.2 Å². The lowest BCUT2D eigenvalue weighted by Gasteiger charge is -2.24. The summed E-state index contributed by atoms with van der Waals surface area (Å²) in [4.78, 5) is 33.9. The average Bonchev–Trinajstić information content (AvgIpc) is 3.72. The van der Waals surface area contributed by atoms with Gasteiger partial charge in [0, 0.05) is 12.0 Å². The zero-order chi connectivity index (χ0) is 31.9. The minimum Gasteiger partial charge on any atom is -0.507 e. The van der Waals surface area contributed by atoms with Crippen molar-refractivity contribution in [1.82, 2.24) is 4.98 Å². The Bertz CT molecular complexity index is 2020. The molecule has 2 atom stereocenters. The summed E-state index contributed by atoms with van der Waals surface area (Å²) in [5.41, 5.74) is 4.71. The van der Waals surface area contributed by atoms with Gasteiger partial charge in [0.1, 0.15) is 24.2 Å². The van der Waals surface area contributed by atoms with Crippen LogP contribution in [0, 0.1) is 6.92 Å². The van der Waals surface area contributed by atoms with Crippen LogP contribution in [0.5, 0.6) is 17.2 Å². The van der Waals surface area contributed by atoms with Crippen molar-refractivity contribution in [2.24, 2.45) is 0 Å². The molecule has 0 spiro atoms. The fourth-order valence-electron chi connectivity index (χ4n) is 6.01. The number of ether oxygens (including phenoxy) is 3. The van der Waals surface area contributed by atoms with Crippen molar-refractivity contribution in [3.8, 4) is 17.2 Å². The van der Waals surface area contributed by atoms with Gasteiger partial charge in [-0.25, -0.2) is 4.98 Å². The molecule has 0 bridgehead atoms. The van der Waals surface area contributed by atoms with Gasteiger partial charge < -0.3 is 19.3 Å². The molecule has 46 heavy (non-hydrogen) atoms. The number of amides is 1. The van der Waals surface area contributed by atoms with Gasteiger partial charge in [-0.2, -0.15) is 0 Å². The summed E-state index contributed by atoms with van der Waals surface area (Å²) in [7, 11) is 0. The molecular weight excluding hydrogens is 600 g/mol. The first-order valence-electron chi connectivity index (χ1n) is 15.2. The summed E-state index contributed by atoms with van der Waals surface area (Å²) in [6, 6.07) is 25.4. The predicted octanol–water partition coefficient (Wildman–Crippen LogP) is 7.53. The molecule has 5 aromatic rings. The monoisotopic (exact) mass is 632 g/mol. The molecule has 8 nitrogen and oxygen atoms in total. The topological polar surface area (TPSA) is 98.2 Å². The van der Waals surface area contributed by atoms with E-state index in [9.17, 15) is 14.7 Å². The number of aliphatic hydroxyl groups excluding tert-OH is 1.